The molecule has 3 aromatic rings. The number of likely N-dealkylation sites (N-methyl/N-ethyl adjacent to an activating group) is 1. The summed E-state index contributed by atoms with van der Waals surface area (Å²) < 4.78 is 5.24. The summed E-state index contributed by atoms with van der Waals surface area (Å²) in [6, 6.07) is 17.6. The van der Waals surface area contributed by atoms with E-state index in [9.17, 15) is 4.79 Å². The van der Waals surface area contributed by atoms with E-state index in [4.69, 9.17) is 9.72 Å². The quantitative estimate of drug-likeness (QED) is 0.774. The predicted octanol–water partition coefficient (Wildman–Crippen LogP) is 1.88. The summed E-state index contributed by atoms with van der Waals surface area (Å²) in [5.41, 5.74) is 3.35. The summed E-state index contributed by atoms with van der Waals surface area (Å²) in [4.78, 5) is 21.5. The molecule has 0 saturated carbocycles. The van der Waals surface area contributed by atoms with Gasteiger partial charge in [-0.25, -0.2) is 4.98 Å². The van der Waals surface area contributed by atoms with Gasteiger partial charge in [-0.1, -0.05) is 18.2 Å². The highest BCUT2D eigenvalue weighted by Gasteiger charge is 2.24. The van der Waals surface area contributed by atoms with Crippen LogP contribution in [-0.4, -0.2) is 56.1 Å². The first-order valence-electron chi connectivity index (χ1n) is 9.30. The summed E-state index contributed by atoms with van der Waals surface area (Å²) in [7, 11) is 3.82. The molecule has 1 aliphatic heterocycles. The Morgan fingerprint density at radius 1 is 1.07 bits per heavy atom. The minimum Gasteiger partial charge on any atom is -0.497 e. The summed E-state index contributed by atoms with van der Waals surface area (Å²) in [6.45, 7) is 3.55. The van der Waals surface area contributed by atoms with Gasteiger partial charge >= 0.3 is 0 Å². The van der Waals surface area contributed by atoms with E-state index in [1.54, 1.807) is 7.11 Å². The number of quaternary nitrogens is 1. The number of carbonyl (C=O) groups excluding carboxylic acids is 1. The van der Waals surface area contributed by atoms with E-state index in [0.29, 0.717) is 0 Å². The van der Waals surface area contributed by atoms with Gasteiger partial charge in [0.1, 0.15) is 5.75 Å². The first-order chi connectivity index (χ1) is 13.2. The molecule has 1 fully saturated rings. The number of amides is 1. The fraction of sp³-hybridized carbons (Fsp3) is 0.273. The van der Waals surface area contributed by atoms with Gasteiger partial charge < -0.3 is 14.5 Å². The molecular formula is C22H24N3O2+. The lowest BCUT2D eigenvalue weighted by Crippen LogP contribution is -3.12. The maximum Gasteiger partial charge on any atom is 0.255 e. The molecule has 4 rings (SSSR count). The van der Waals surface area contributed by atoms with Crippen LogP contribution in [-0.2, 0) is 0 Å². The molecule has 1 N–H and O–H groups in total. The number of ether oxygens (including phenoxy) is 1. The predicted molar refractivity (Wildman–Crippen MR) is 106 cm³/mol. The fourth-order valence-electron chi connectivity index (χ4n) is 3.52. The van der Waals surface area contributed by atoms with Gasteiger partial charge in [0.05, 0.1) is 57.1 Å². The van der Waals surface area contributed by atoms with Crippen LogP contribution in [0.3, 0.4) is 0 Å². The lowest BCUT2D eigenvalue weighted by atomic mass is 10.0. The normalized spacial score (nSPS) is 15.1. The van der Waals surface area contributed by atoms with Crippen LogP contribution in [0.1, 0.15) is 10.4 Å². The molecule has 0 unspecified atom stereocenters. The van der Waals surface area contributed by atoms with Gasteiger partial charge in [0.2, 0.25) is 0 Å². The van der Waals surface area contributed by atoms with Crippen molar-refractivity contribution in [3.63, 3.8) is 0 Å². The number of nitrogens with one attached hydrogen (secondary N) is 1. The lowest BCUT2D eigenvalue weighted by molar-refractivity contribution is -0.883. The molecule has 2 aromatic carbocycles. The molecule has 1 saturated heterocycles. The van der Waals surface area contributed by atoms with Gasteiger partial charge in [-0.05, 0) is 36.4 Å². The van der Waals surface area contributed by atoms with Crippen LogP contribution in [0, 0.1) is 0 Å². The number of fused-ring (bicyclic) bond motifs is 1. The molecule has 5 nitrogen and oxygen atoms in total. The minimum absolute atomic E-state index is 0.0934. The van der Waals surface area contributed by atoms with Crippen molar-refractivity contribution in [2.24, 2.45) is 0 Å². The van der Waals surface area contributed by atoms with Crippen LogP contribution >= 0.6 is 0 Å². The van der Waals surface area contributed by atoms with Gasteiger partial charge in [0.15, 0.2) is 0 Å². The van der Waals surface area contributed by atoms with Crippen molar-refractivity contribution in [3.05, 3.63) is 60.2 Å². The van der Waals surface area contributed by atoms with E-state index in [2.05, 4.69) is 7.05 Å². The van der Waals surface area contributed by atoms with E-state index >= 15 is 0 Å². The van der Waals surface area contributed by atoms with Crippen molar-refractivity contribution in [3.8, 4) is 17.0 Å². The number of pyridine rings is 1. The van der Waals surface area contributed by atoms with Crippen LogP contribution in [0.2, 0.25) is 0 Å². The zero-order valence-electron chi connectivity index (χ0n) is 15.7. The number of hydrogen-bond acceptors (Lipinski definition) is 3. The summed E-state index contributed by atoms with van der Waals surface area (Å²) >= 11 is 0. The van der Waals surface area contributed by atoms with Crippen LogP contribution in [0.4, 0.5) is 0 Å². The van der Waals surface area contributed by atoms with Gasteiger partial charge in [-0.3, -0.25) is 4.79 Å². The van der Waals surface area contributed by atoms with E-state index in [-0.39, 0.29) is 5.91 Å². The lowest BCUT2D eigenvalue weighted by Gasteiger charge is -2.30. The highest BCUT2D eigenvalue weighted by molar-refractivity contribution is 6.07. The second kappa shape index (κ2) is 7.37. The molecule has 1 aromatic heterocycles. The summed E-state index contributed by atoms with van der Waals surface area (Å²) in [6.07, 6.45) is 0. The van der Waals surface area contributed by atoms with Gasteiger partial charge in [0.25, 0.3) is 5.91 Å². The van der Waals surface area contributed by atoms with Gasteiger partial charge in [-0.2, -0.15) is 0 Å². The van der Waals surface area contributed by atoms with Crippen molar-refractivity contribution < 1.29 is 14.4 Å². The molecule has 0 bridgehead atoms. The van der Waals surface area contributed by atoms with Gasteiger partial charge in [-0.15, -0.1) is 0 Å². The standard InChI is InChI=1S/C22H23N3O2/c1-24-11-13-25(14-12-24)22(26)19-15-21(16-7-9-17(27-2)10-8-16)23-20-6-4-3-5-18(19)20/h3-10,15H,11-14H2,1-2H3/p+1. The number of methoxy groups -OCH3 is 1. The molecule has 0 spiro atoms. The van der Waals surface area contributed by atoms with Crippen molar-refractivity contribution in [1.29, 1.82) is 0 Å². The number of carbonyl (C=O) groups is 1. The second-order valence-electron chi connectivity index (χ2n) is 7.05. The van der Waals surface area contributed by atoms with Crippen molar-refractivity contribution in [2.75, 3.05) is 40.3 Å². The number of piperazine rings is 1. The van der Waals surface area contributed by atoms with Crippen molar-refractivity contribution >= 4 is 16.8 Å². The molecule has 138 valence electrons. The zero-order valence-corrected chi connectivity index (χ0v) is 15.7. The number of rotatable bonds is 3. The number of benzene rings is 2. The Bertz CT molecular complexity index is 961. The Morgan fingerprint density at radius 2 is 1.78 bits per heavy atom. The third-order valence-electron chi connectivity index (χ3n) is 5.24. The van der Waals surface area contributed by atoms with E-state index < -0.39 is 0 Å². The fourth-order valence-corrected chi connectivity index (χ4v) is 3.52. The van der Waals surface area contributed by atoms with E-state index in [0.717, 1.165) is 59.7 Å². The van der Waals surface area contributed by atoms with Crippen LogP contribution in [0.5, 0.6) is 5.75 Å². The molecule has 0 radical (unpaired) electrons. The Labute approximate surface area is 159 Å². The average molecular weight is 362 g/mol. The molecule has 0 atom stereocenters. The molecule has 27 heavy (non-hydrogen) atoms. The first kappa shape index (κ1) is 17.5. The third kappa shape index (κ3) is 3.51. The Kier molecular flexibility index (Phi) is 4.77. The smallest absolute Gasteiger partial charge is 0.255 e. The Hall–Kier alpha value is -2.92. The van der Waals surface area contributed by atoms with E-state index in [1.807, 2.05) is 59.5 Å². The van der Waals surface area contributed by atoms with Crippen molar-refractivity contribution in [2.45, 2.75) is 0 Å². The monoisotopic (exact) mass is 362 g/mol. The topological polar surface area (TPSA) is 46.9 Å². The highest BCUT2D eigenvalue weighted by atomic mass is 16.5. The second-order valence-corrected chi connectivity index (χ2v) is 7.05. The average Bonchev–Trinajstić information content (AvgIpc) is 2.73. The SMILES string of the molecule is COc1ccc(-c2cc(C(=O)N3CC[NH+](C)CC3)c3ccccc3n2)cc1. The number of aromatic nitrogens is 1. The van der Waals surface area contributed by atoms with Crippen LogP contribution in [0.15, 0.2) is 54.6 Å². The molecule has 2 heterocycles. The van der Waals surface area contributed by atoms with Crippen molar-refractivity contribution in [1.82, 2.24) is 9.88 Å². The summed E-state index contributed by atoms with van der Waals surface area (Å²) in [5, 5.41) is 0.908. The molecule has 1 amide bonds. The third-order valence-corrected chi connectivity index (χ3v) is 5.24. The minimum atomic E-state index is 0.0934. The number of hydrogen-bond donors (Lipinski definition) is 1. The molecule has 1 aliphatic rings. The maximum atomic E-state index is 13.3. The number of para-hydroxylation sites is 1. The highest BCUT2D eigenvalue weighted by Crippen LogP contribution is 2.27. The van der Waals surface area contributed by atoms with E-state index in [1.165, 1.54) is 4.90 Å². The Balaban J connectivity index is 1.77. The molecular weight excluding hydrogens is 338 g/mol. The molecule has 5 heteroatoms. The maximum absolute atomic E-state index is 13.3. The molecule has 0 aliphatic carbocycles. The summed E-state index contributed by atoms with van der Waals surface area (Å²) in [5.74, 6) is 0.895. The first-order valence-corrected chi connectivity index (χ1v) is 9.30. The van der Waals surface area contributed by atoms with Crippen LogP contribution in [0.25, 0.3) is 22.2 Å². The zero-order chi connectivity index (χ0) is 18.8. The Morgan fingerprint density at radius 3 is 2.48 bits per heavy atom. The van der Waals surface area contributed by atoms with Gasteiger partial charge in [0, 0.05) is 10.9 Å². The largest absolute Gasteiger partial charge is 0.497 e. The van der Waals surface area contributed by atoms with Crippen LogP contribution < -0.4 is 9.64 Å². The number of nitrogens with zero attached hydrogens (tertiary/aromatic N) is 2.